The van der Waals surface area contributed by atoms with E-state index in [1.54, 1.807) is 12.5 Å². The van der Waals surface area contributed by atoms with Crippen molar-refractivity contribution in [1.29, 1.82) is 0 Å². The van der Waals surface area contributed by atoms with Crippen LogP contribution in [-0.4, -0.2) is 10.7 Å². The summed E-state index contributed by atoms with van der Waals surface area (Å²) in [4.78, 5) is 0. The lowest BCUT2D eigenvalue weighted by atomic mass is 9.87. The number of hydrogen-bond donors (Lipinski definition) is 1. The van der Waals surface area contributed by atoms with Gasteiger partial charge in [0, 0.05) is 6.42 Å². The predicted molar refractivity (Wildman–Crippen MR) is 50.4 cm³/mol. The minimum Gasteiger partial charge on any atom is -0.472 e. The van der Waals surface area contributed by atoms with Gasteiger partial charge in [-0.05, 0) is 30.4 Å². The molecule has 0 spiro atoms. The highest BCUT2D eigenvalue weighted by atomic mass is 16.3. The van der Waals surface area contributed by atoms with Crippen LogP contribution in [0.1, 0.15) is 31.7 Å². The van der Waals surface area contributed by atoms with Crippen LogP contribution in [0.5, 0.6) is 0 Å². The first kappa shape index (κ1) is 8.82. The van der Waals surface area contributed by atoms with Crippen LogP contribution in [0.2, 0.25) is 0 Å². The summed E-state index contributed by atoms with van der Waals surface area (Å²) in [5.41, 5.74) is 0.625. The Bertz CT molecular complexity index is 266. The highest BCUT2D eigenvalue weighted by Gasteiger charge is 2.38. The average Bonchev–Trinajstić information content (AvgIpc) is 2.65. The molecule has 1 N–H and O–H groups in total. The van der Waals surface area contributed by atoms with Crippen molar-refractivity contribution in [2.45, 2.75) is 38.2 Å². The van der Waals surface area contributed by atoms with Crippen molar-refractivity contribution >= 4 is 0 Å². The Morgan fingerprint density at radius 3 is 3.08 bits per heavy atom. The fraction of sp³-hybridized carbons (Fsp3) is 0.636. The summed E-state index contributed by atoms with van der Waals surface area (Å²) in [6.45, 7) is 2.13. The zero-order chi connectivity index (χ0) is 9.31. The molecule has 1 aliphatic carbocycles. The fourth-order valence-corrected chi connectivity index (χ4v) is 2.24. The van der Waals surface area contributed by atoms with Gasteiger partial charge in [-0.3, -0.25) is 0 Å². The Morgan fingerprint density at radius 2 is 2.54 bits per heavy atom. The van der Waals surface area contributed by atoms with E-state index >= 15 is 0 Å². The smallest absolute Gasteiger partial charge is 0.0935 e. The Hall–Kier alpha value is -0.760. The molecule has 1 heterocycles. The molecule has 0 saturated heterocycles. The Kier molecular flexibility index (Phi) is 2.16. The summed E-state index contributed by atoms with van der Waals surface area (Å²) in [7, 11) is 0. The van der Waals surface area contributed by atoms with E-state index in [1.807, 2.05) is 6.07 Å². The van der Waals surface area contributed by atoms with Crippen LogP contribution < -0.4 is 0 Å². The van der Waals surface area contributed by atoms with Gasteiger partial charge in [-0.15, -0.1) is 0 Å². The lowest BCUT2D eigenvalue weighted by molar-refractivity contribution is 0.00947. The molecule has 2 rings (SSSR count). The number of hydrogen-bond acceptors (Lipinski definition) is 2. The second kappa shape index (κ2) is 3.18. The maximum absolute atomic E-state index is 10.3. The van der Waals surface area contributed by atoms with Gasteiger partial charge < -0.3 is 9.52 Å². The standard InChI is InChI=1S/C11H16O2/c1-9-3-2-5-11(9,12)7-10-4-6-13-8-10/h4,6,8-9,12H,2-3,5,7H2,1H3. The van der Waals surface area contributed by atoms with Gasteiger partial charge in [-0.2, -0.15) is 0 Å². The van der Waals surface area contributed by atoms with E-state index in [4.69, 9.17) is 4.42 Å². The van der Waals surface area contributed by atoms with Crippen LogP contribution in [0.3, 0.4) is 0 Å². The van der Waals surface area contributed by atoms with Crippen molar-refractivity contribution in [2.75, 3.05) is 0 Å². The molecule has 1 aromatic rings. The summed E-state index contributed by atoms with van der Waals surface area (Å²) in [6, 6.07) is 1.93. The lowest BCUT2D eigenvalue weighted by Crippen LogP contribution is -2.33. The molecule has 1 aliphatic rings. The minimum atomic E-state index is -0.482. The third kappa shape index (κ3) is 1.63. The van der Waals surface area contributed by atoms with Crippen molar-refractivity contribution in [1.82, 2.24) is 0 Å². The molecule has 0 aromatic carbocycles. The van der Waals surface area contributed by atoms with E-state index in [-0.39, 0.29) is 0 Å². The van der Waals surface area contributed by atoms with Gasteiger partial charge in [0.2, 0.25) is 0 Å². The van der Waals surface area contributed by atoms with Crippen molar-refractivity contribution in [2.24, 2.45) is 5.92 Å². The molecule has 72 valence electrons. The first-order valence-corrected chi connectivity index (χ1v) is 4.94. The van der Waals surface area contributed by atoms with Crippen LogP contribution in [0, 0.1) is 5.92 Å². The molecule has 1 aromatic heterocycles. The van der Waals surface area contributed by atoms with Crippen LogP contribution in [0.4, 0.5) is 0 Å². The van der Waals surface area contributed by atoms with Gasteiger partial charge in [0.05, 0.1) is 18.1 Å². The molecule has 0 amide bonds. The SMILES string of the molecule is CC1CCCC1(O)Cc1ccoc1. The van der Waals surface area contributed by atoms with Crippen molar-refractivity contribution in [3.05, 3.63) is 24.2 Å². The van der Waals surface area contributed by atoms with Gasteiger partial charge >= 0.3 is 0 Å². The van der Waals surface area contributed by atoms with Gasteiger partial charge in [0.15, 0.2) is 0 Å². The van der Waals surface area contributed by atoms with Crippen molar-refractivity contribution in [3.8, 4) is 0 Å². The second-order valence-corrected chi connectivity index (χ2v) is 4.21. The quantitative estimate of drug-likeness (QED) is 0.758. The molecule has 0 bridgehead atoms. The fourth-order valence-electron chi connectivity index (χ4n) is 2.24. The summed E-state index contributed by atoms with van der Waals surface area (Å²) in [5, 5.41) is 10.3. The van der Waals surface area contributed by atoms with Crippen LogP contribution in [0.15, 0.2) is 23.0 Å². The van der Waals surface area contributed by atoms with E-state index in [0.29, 0.717) is 5.92 Å². The summed E-state index contributed by atoms with van der Waals surface area (Å²) >= 11 is 0. The van der Waals surface area contributed by atoms with Gasteiger partial charge in [-0.25, -0.2) is 0 Å². The molecule has 13 heavy (non-hydrogen) atoms. The predicted octanol–water partition coefficient (Wildman–Crippen LogP) is 2.37. The highest BCUT2D eigenvalue weighted by molar-refractivity contribution is 5.11. The minimum absolute atomic E-state index is 0.419. The Morgan fingerprint density at radius 1 is 1.69 bits per heavy atom. The van der Waals surface area contributed by atoms with E-state index in [0.717, 1.165) is 31.2 Å². The number of furan rings is 1. The van der Waals surface area contributed by atoms with Gasteiger partial charge in [-0.1, -0.05) is 13.3 Å². The molecule has 2 heteroatoms. The van der Waals surface area contributed by atoms with E-state index in [2.05, 4.69) is 6.92 Å². The Balaban J connectivity index is 2.08. The van der Waals surface area contributed by atoms with Crippen LogP contribution in [0.25, 0.3) is 0 Å². The zero-order valence-corrected chi connectivity index (χ0v) is 7.99. The number of aliphatic hydroxyl groups is 1. The molecule has 2 unspecified atom stereocenters. The summed E-state index contributed by atoms with van der Waals surface area (Å²) in [6.07, 6.45) is 7.36. The van der Waals surface area contributed by atoms with Crippen molar-refractivity contribution in [3.63, 3.8) is 0 Å². The largest absolute Gasteiger partial charge is 0.472 e. The number of rotatable bonds is 2. The monoisotopic (exact) mass is 180 g/mol. The first-order valence-electron chi connectivity index (χ1n) is 4.94. The molecule has 2 atom stereocenters. The molecule has 0 radical (unpaired) electrons. The summed E-state index contributed by atoms with van der Waals surface area (Å²) in [5.74, 6) is 0.419. The maximum atomic E-state index is 10.3. The molecular formula is C11H16O2. The maximum Gasteiger partial charge on any atom is 0.0935 e. The zero-order valence-electron chi connectivity index (χ0n) is 7.99. The second-order valence-electron chi connectivity index (χ2n) is 4.21. The molecule has 1 fully saturated rings. The molecule has 1 saturated carbocycles. The van der Waals surface area contributed by atoms with Crippen LogP contribution >= 0.6 is 0 Å². The lowest BCUT2D eigenvalue weighted by Gasteiger charge is -2.26. The van der Waals surface area contributed by atoms with E-state index in [1.165, 1.54) is 0 Å². The topological polar surface area (TPSA) is 33.4 Å². The molecule has 0 aliphatic heterocycles. The third-order valence-electron chi connectivity index (χ3n) is 3.25. The summed E-state index contributed by atoms with van der Waals surface area (Å²) < 4.78 is 4.99. The highest BCUT2D eigenvalue weighted by Crippen LogP contribution is 2.37. The van der Waals surface area contributed by atoms with Gasteiger partial charge in [0.1, 0.15) is 0 Å². The van der Waals surface area contributed by atoms with Gasteiger partial charge in [0.25, 0.3) is 0 Å². The Labute approximate surface area is 78.6 Å². The first-order chi connectivity index (χ1) is 6.21. The average molecular weight is 180 g/mol. The molecular weight excluding hydrogens is 164 g/mol. The van der Waals surface area contributed by atoms with Crippen LogP contribution in [-0.2, 0) is 6.42 Å². The van der Waals surface area contributed by atoms with E-state index < -0.39 is 5.60 Å². The third-order valence-corrected chi connectivity index (χ3v) is 3.25. The molecule has 2 nitrogen and oxygen atoms in total. The van der Waals surface area contributed by atoms with Crippen molar-refractivity contribution < 1.29 is 9.52 Å². The normalized spacial score (nSPS) is 33.8. The van der Waals surface area contributed by atoms with E-state index in [9.17, 15) is 5.11 Å².